The van der Waals surface area contributed by atoms with Crippen molar-refractivity contribution in [3.05, 3.63) is 22.7 Å². The molecule has 2 rings (SSSR count). The Labute approximate surface area is 104 Å². The van der Waals surface area contributed by atoms with E-state index in [1.807, 2.05) is 0 Å². The van der Waals surface area contributed by atoms with E-state index >= 15 is 0 Å². The Kier molecular flexibility index (Phi) is 3.59. The van der Waals surface area contributed by atoms with Gasteiger partial charge >= 0.3 is 0 Å². The fourth-order valence-electron chi connectivity index (χ4n) is 1.89. The standard InChI is InChI=1S/C11H14ClN3O2/c1-7-13-5-9(12)10(14-7)11(17)15-4-2-3-8(16)6-15/h5,8,16H,2-4,6H2,1H3. The molecule has 0 spiro atoms. The van der Waals surface area contributed by atoms with E-state index in [-0.39, 0.29) is 16.6 Å². The number of rotatable bonds is 1. The molecule has 1 N–H and O–H groups in total. The van der Waals surface area contributed by atoms with Gasteiger partial charge in [0.15, 0.2) is 5.69 Å². The summed E-state index contributed by atoms with van der Waals surface area (Å²) in [4.78, 5) is 21.7. The number of amides is 1. The Bertz CT molecular complexity index is 439. The van der Waals surface area contributed by atoms with E-state index in [0.29, 0.717) is 18.9 Å². The van der Waals surface area contributed by atoms with E-state index < -0.39 is 6.10 Å². The minimum Gasteiger partial charge on any atom is -0.391 e. The van der Waals surface area contributed by atoms with Gasteiger partial charge in [0.1, 0.15) is 5.82 Å². The van der Waals surface area contributed by atoms with Crippen LogP contribution < -0.4 is 0 Å². The van der Waals surface area contributed by atoms with Gasteiger partial charge in [0.05, 0.1) is 17.3 Å². The van der Waals surface area contributed by atoms with Crippen molar-refractivity contribution in [3.63, 3.8) is 0 Å². The number of carbonyl (C=O) groups is 1. The van der Waals surface area contributed by atoms with Crippen molar-refractivity contribution in [2.45, 2.75) is 25.9 Å². The van der Waals surface area contributed by atoms with Crippen LogP contribution in [0.4, 0.5) is 0 Å². The molecule has 0 radical (unpaired) electrons. The Balaban J connectivity index is 2.21. The van der Waals surface area contributed by atoms with E-state index in [9.17, 15) is 9.90 Å². The molecule has 0 saturated carbocycles. The smallest absolute Gasteiger partial charge is 0.274 e. The topological polar surface area (TPSA) is 66.3 Å². The average molecular weight is 256 g/mol. The zero-order valence-corrected chi connectivity index (χ0v) is 10.3. The monoisotopic (exact) mass is 255 g/mol. The molecule has 1 unspecified atom stereocenters. The van der Waals surface area contributed by atoms with Crippen LogP contribution in [0.25, 0.3) is 0 Å². The summed E-state index contributed by atoms with van der Waals surface area (Å²) in [5, 5.41) is 9.79. The number of aliphatic hydroxyl groups is 1. The van der Waals surface area contributed by atoms with Gasteiger partial charge in [-0.25, -0.2) is 9.97 Å². The summed E-state index contributed by atoms with van der Waals surface area (Å²) in [6.45, 7) is 2.69. The summed E-state index contributed by atoms with van der Waals surface area (Å²) < 4.78 is 0. The number of halogens is 1. The molecule has 1 aliphatic heterocycles. The number of piperidine rings is 1. The second-order valence-electron chi connectivity index (χ2n) is 4.16. The summed E-state index contributed by atoms with van der Waals surface area (Å²) in [7, 11) is 0. The molecule has 1 aromatic heterocycles. The SMILES string of the molecule is Cc1ncc(Cl)c(C(=O)N2CCCC(O)C2)n1. The van der Waals surface area contributed by atoms with Gasteiger partial charge in [-0.1, -0.05) is 11.6 Å². The third kappa shape index (κ3) is 2.73. The van der Waals surface area contributed by atoms with E-state index in [2.05, 4.69) is 9.97 Å². The van der Waals surface area contributed by atoms with Crippen LogP contribution in [0.3, 0.4) is 0 Å². The second-order valence-corrected chi connectivity index (χ2v) is 4.57. The van der Waals surface area contributed by atoms with Gasteiger partial charge in [0, 0.05) is 13.1 Å². The Morgan fingerprint density at radius 3 is 3.12 bits per heavy atom. The van der Waals surface area contributed by atoms with Crippen molar-refractivity contribution in [2.75, 3.05) is 13.1 Å². The van der Waals surface area contributed by atoms with Crippen LogP contribution in [-0.4, -0.2) is 45.1 Å². The van der Waals surface area contributed by atoms with Gasteiger partial charge in [-0.3, -0.25) is 4.79 Å². The molecular weight excluding hydrogens is 242 g/mol. The molecule has 0 bridgehead atoms. The van der Waals surface area contributed by atoms with E-state index in [0.717, 1.165) is 12.8 Å². The number of aromatic nitrogens is 2. The number of β-amino-alcohol motifs (C(OH)–C–C–N with tert-alkyl or cyclic N) is 1. The number of likely N-dealkylation sites (tertiary alicyclic amines) is 1. The van der Waals surface area contributed by atoms with E-state index in [1.165, 1.54) is 6.20 Å². The second kappa shape index (κ2) is 4.98. The number of carbonyl (C=O) groups excluding carboxylic acids is 1. The number of hydrogen-bond acceptors (Lipinski definition) is 4. The summed E-state index contributed by atoms with van der Waals surface area (Å²) in [5.41, 5.74) is 0.216. The Hall–Kier alpha value is -1.20. The van der Waals surface area contributed by atoms with E-state index in [4.69, 9.17) is 11.6 Å². The average Bonchev–Trinajstić information content (AvgIpc) is 2.31. The molecule has 1 atom stereocenters. The molecule has 1 saturated heterocycles. The highest BCUT2D eigenvalue weighted by Crippen LogP contribution is 2.17. The molecule has 17 heavy (non-hydrogen) atoms. The van der Waals surface area contributed by atoms with Crippen molar-refractivity contribution in [3.8, 4) is 0 Å². The lowest BCUT2D eigenvalue weighted by atomic mass is 10.1. The molecule has 2 heterocycles. The fraction of sp³-hybridized carbons (Fsp3) is 0.545. The zero-order chi connectivity index (χ0) is 12.4. The van der Waals surface area contributed by atoms with Crippen LogP contribution in [-0.2, 0) is 0 Å². The number of aliphatic hydroxyl groups excluding tert-OH is 1. The van der Waals surface area contributed by atoms with Crippen LogP contribution in [0, 0.1) is 6.92 Å². The number of hydrogen-bond donors (Lipinski definition) is 1. The molecule has 1 amide bonds. The highest BCUT2D eigenvalue weighted by atomic mass is 35.5. The lowest BCUT2D eigenvalue weighted by Gasteiger charge is -2.29. The van der Waals surface area contributed by atoms with Gasteiger partial charge in [0.25, 0.3) is 5.91 Å². The molecular formula is C11H14ClN3O2. The summed E-state index contributed by atoms with van der Waals surface area (Å²) in [6, 6.07) is 0. The van der Waals surface area contributed by atoms with Crippen LogP contribution in [0.2, 0.25) is 5.02 Å². The molecule has 5 nitrogen and oxygen atoms in total. The fourth-order valence-corrected chi connectivity index (χ4v) is 2.07. The maximum Gasteiger partial charge on any atom is 0.274 e. The predicted octanol–water partition coefficient (Wildman–Crippen LogP) is 1.04. The van der Waals surface area contributed by atoms with Gasteiger partial charge in [-0.05, 0) is 19.8 Å². The minimum atomic E-state index is -0.450. The molecule has 6 heteroatoms. The molecule has 0 aromatic carbocycles. The summed E-state index contributed by atoms with van der Waals surface area (Å²) in [5.74, 6) is 0.273. The normalized spacial score (nSPS) is 20.4. The van der Waals surface area contributed by atoms with Crippen LogP contribution >= 0.6 is 11.6 Å². The highest BCUT2D eigenvalue weighted by Gasteiger charge is 2.25. The quantitative estimate of drug-likeness (QED) is 0.814. The van der Waals surface area contributed by atoms with Gasteiger partial charge < -0.3 is 10.0 Å². The van der Waals surface area contributed by atoms with Crippen LogP contribution in [0.15, 0.2) is 6.20 Å². The Morgan fingerprint density at radius 1 is 1.65 bits per heavy atom. The molecule has 1 aliphatic rings. The first-order valence-corrected chi connectivity index (χ1v) is 5.92. The van der Waals surface area contributed by atoms with Gasteiger partial charge in [0.2, 0.25) is 0 Å². The summed E-state index contributed by atoms with van der Waals surface area (Å²) in [6.07, 6.45) is 2.52. The minimum absolute atomic E-state index is 0.216. The number of nitrogens with zero attached hydrogens (tertiary/aromatic N) is 3. The van der Waals surface area contributed by atoms with Crippen LogP contribution in [0.5, 0.6) is 0 Å². The van der Waals surface area contributed by atoms with Crippen molar-refractivity contribution in [2.24, 2.45) is 0 Å². The highest BCUT2D eigenvalue weighted by molar-refractivity contribution is 6.33. The lowest BCUT2D eigenvalue weighted by molar-refractivity contribution is 0.0469. The third-order valence-corrected chi connectivity index (χ3v) is 3.03. The molecule has 92 valence electrons. The predicted molar refractivity (Wildman–Crippen MR) is 62.9 cm³/mol. The maximum absolute atomic E-state index is 12.2. The maximum atomic E-state index is 12.2. The Morgan fingerprint density at radius 2 is 2.41 bits per heavy atom. The van der Waals surface area contributed by atoms with Crippen molar-refractivity contribution >= 4 is 17.5 Å². The first-order chi connectivity index (χ1) is 8.08. The first kappa shape index (κ1) is 12.3. The van der Waals surface area contributed by atoms with Gasteiger partial charge in [-0.2, -0.15) is 0 Å². The zero-order valence-electron chi connectivity index (χ0n) is 9.56. The third-order valence-electron chi connectivity index (χ3n) is 2.75. The molecule has 1 fully saturated rings. The number of aryl methyl sites for hydroxylation is 1. The first-order valence-electron chi connectivity index (χ1n) is 5.54. The molecule has 1 aromatic rings. The largest absolute Gasteiger partial charge is 0.391 e. The molecule has 0 aliphatic carbocycles. The van der Waals surface area contributed by atoms with Crippen molar-refractivity contribution < 1.29 is 9.90 Å². The van der Waals surface area contributed by atoms with Crippen LogP contribution in [0.1, 0.15) is 29.2 Å². The summed E-state index contributed by atoms with van der Waals surface area (Å²) >= 11 is 5.91. The lowest BCUT2D eigenvalue weighted by Crippen LogP contribution is -2.42. The van der Waals surface area contributed by atoms with Crippen molar-refractivity contribution in [1.29, 1.82) is 0 Å². The van der Waals surface area contributed by atoms with E-state index in [1.54, 1.807) is 11.8 Å². The van der Waals surface area contributed by atoms with Crippen molar-refractivity contribution in [1.82, 2.24) is 14.9 Å². The van der Waals surface area contributed by atoms with Gasteiger partial charge in [-0.15, -0.1) is 0 Å².